The molecular formula is C18H36S18. The summed E-state index contributed by atoms with van der Waals surface area (Å²) in [6, 6.07) is 0. The number of thioether (sulfide) groups is 10. The third kappa shape index (κ3) is 18.3. The minimum atomic E-state index is 0.300. The van der Waals surface area contributed by atoms with Gasteiger partial charge in [0.2, 0.25) is 0 Å². The van der Waals surface area contributed by atoms with Crippen LogP contribution in [0.1, 0.15) is 19.3 Å². The lowest BCUT2D eigenvalue weighted by Gasteiger charge is -2.36. The molecule has 0 aliphatic carbocycles. The van der Waals surface area contributed by atoms with Crippen LogP contribution in [0.2, 0.25) is 0 Å². The van der Waals surface area contributed by atoms with Gasteiger partial charge in [-0.15, -0.1) is 118 Å². The van der Waals surface area contributed by atoms with Crippen LogP contribution < -0.4 is 0 Å². The van der Waals surface area contributed by atoms with Crippen LogP contribution in [0.25, 0.3) is 0 Å². The lowest BCUT2D eigenvalue weighted by molar-refractivity contribution is 0.783. The monoisotopic (exact) mass is 828 g/mol. The van der Waals surface area contributed by atoms with E-state index in [1.807, 2.05) is 94.1 Å². The summed E-state index contributed by atoms with van der Waals surface area (Å²) in [7, 11) is 0. The zero-order chi connectivity index (χ0) is 26.8. The molecule has 1 aliphatic heterocycles. The first-order valence-corrected chi connectivity index (χ1v) is 25.8. The predicted octanol–water partition coefficient (Wildman–Crippen LogP) is 10.3. The zero-order valence-electron chi connectivity index (χ0n) is 19.4. The number of hydrogen-bond acceptors (Lipinski definition) is 18. The average molecular weight is 830 g/mol. The molecule has 0 saturated carbocycles. The maximum absolute atomic E-state index is 5.12. The van der Waals surface area contributed by atoms with E-state index in [9.17, 15) is 0 Å². The topological polar surface area (TPSA) is 0 Å². The van der Waals surface area contributed by atoms with Crippen molar-refractivity contribution in [3.05, 3.63) is 0 Å². The van der Waals surface area contributed by atoms with Crippen molar-refractivity contribution in [2.45, 2.75) is 57.3 Å². The fraction of sp³-hybridized carbons (Fsp3) is 1.00. The summed E-state index contributed by atoms with van der Waals surface area (Å²) in [6.45, 7) is 0. The molecule has 0 spiro atoms. The van der Waals surface area contributed by atoms with E-state index in [1.54, 1.807) is 0 Å². The van der Waals surface area contributed by atoms with E-state index in [0.717, 1.165) is 54.9 Å². The van der Waals surface area contributed by atoms with Crippen molar-refractivity contribution in [1.29, 1.82) is 0 Å². The predicted molar refractivity (Wildman–Crippen MR) is 226 cm³/mol. The van der Waals surface area contributed by atoms with Gasteiger partial charge in [-0.2, -0.15) is 101 Å². The standard InChI is InChI=1S/C18H36S18/c19-4-27-13(28-5-20)2-15(31-8-23)35-17(25)11-1-12(34-10-33-11)18(26)36-16(32-9-24)3-14(29-6-21)30-7-22/h11-26H,1-10H2. The quantitative estimate of drug-likeness (QED) is 0.0391. The molecular weight excluding hydrogens is 793 g/mol. The van der Waals surface area contributed by atoms with E-state index in [1.165, 1.54) is 0 Å². The van der Waals surface area contributed by atoms with E-state index < -0.39 is 0 Å². The van der Waals surface area contributed by atoms with E-state index in [0.29, 0.717) is 38.0 Å². The van der Waals surface area contributed by atoms with Crippen LogP contribution in [0.3, 0.4) is 0 Å². The van der Waals surface area contributed by atoms with Crippen LogP contribution in [0, 0.1) is 0 Å². The second-order valence-electron chi connectivity index (χ2n) is 6.78. The third-order valence-electron chi connectivity index (χ3n) is 4.58. The first-order valence-electron chi connectivity index (χ1n) is 10.7. The smallest absolute Gasteiger partial charge is 0.0602 e. The number of thiol groups is 8. The molecule has 18 heteroatoms. The second kappa shape index (κ2) is 26.5. The van der Waals surface area contributed by atoms with Gasteiger partial charge in [0.15, 0.2) is 0 Å². The second-order valence-corrected chi connectivity index (χ2v) is 26.9. The van der Waals surface area contributed by atoms with Gasteiger partial charge in [-0.05, 0) is 19.3 Å². The Morgan fingerprint density at radius 2 is 0.833 bits per heavy atom. The van der Waals surface area contributed by atoms with Crippen molar-refractivity contribution in [2.75, 3.05) is 35.6 Å². The van der Waals surface area contributed by atoms with Gasteiger partial charge in [0.1, 0.15) is 0 Å². The largest absolute Gasteiger partial charge is 0.168 e. The zero-order valence-corrected chi connectivity index (χ0v) is 34.7. The Morgan fingerprint density at radius 3 is 1.14 bits per heavy atom. The summed E-state index contributed by atoms with van der Waals surface area (Å²) >= 11 is 56.6. The highest BCUT2D eigenvalue weighted by Gasteiger charge is 2.34. The van der Waals surface area contributed by atoms with Crippen molar-refractivity contribution in [1.82, 2.24) is 0 Å². The number of rotatable bonds is 22. The van der Waals surface area contributed by atoms with E-state index in [-0.39, 0.29) is 0 Å². The third-order valence-corrected chi connectivity index (χ3v) is 21.9. The molecule has 0 bridgehead atoms. The Morgan fingerprint density at radius 1 is 0.528 bits per heavy atom. The Kier molecular flexibility index (Phi) is 29.7. The molecule has 6 atom stereocenters. The molecule has 0 radical (unpaired) electrons. The van der Waals surface area contributed by atoms with Crippen molar-refractivity contribution < 1.29 is 0 Å². The molecule has 0 amide bonds. The molecule has 1 heterocycles. The maximum Gasteiger partial charge on any atom is 0.0602 e. The van der Waals surface area contributed by atoms with Gasteiger partial charge in [0.05, 0.1) is 27.5 Å². The van der Waals surface area contributed by atoms with Gasteiger partial charge in [-0.1, -0.05) is 0 Å². The van der Waals surface area contributed by atoms with Gasteiger partial charge < -0.3 is 0 Å². The maximum atomic E-state index is 5.12. The molecule has 1 saturated heterocycles. The van der Waals surface area contributed by atoms with Gasteiger partial charge in [-0.25, -0.2) is 0 Å². The highest BCUT2D eigenvalue weighted by molar-refractivity contribution is 8.27. The van der Waals surface area contributed by atoms with Crippen molar-refractivity contribution in [3.63, 3.8) is 0 Å². The van der Waals surface area contributed by atoms with Crippen molar-refractivity contribution >= 4 is 219 Å². The number of hydrogen-bond donors (Lipinski definition) is 8. The van der Waals surface area contributed by atoms with Crippen molar-refractivity contribution in [2.24, 2.45) is 0 Å². The molecule has 216 valence electrons. The summed E-state index contributed by atoms with van der Waals surface area (Å²) in [5, 5.41) is 7.18. The molecule has 6 unspecified atom stereocenters. The lowest BCUT2D eigenvalue weighted by Crippen LogP contribution is -2.31. The van der Waals surface area contributed by atoms with Crippen LogP contribution in [-0.2, 0) is 0 Å². The van der Waals surface area contributed by atoms with Crippen LogP contribution in [0.15, 0.2) is 0 Å². The van der Waals surface area contributed by atoms with Crippen LogP contribution in [0.5, 0.6) is 0 Å². The lowest BCUT2D eigenvalue weighted by atomic mass is 10.2. The SMILES string of the molecule is SCSC(CC(SCS)SC(S)C1CC(C(S)SC(CC(SCS)SCS)SCS)SCS1)SCS. The first-order chi connectivity index (χ1) is 17.4. The van der Waals surface area contributed by atoms with Crippen molar-refractivity contribution in [3.8, 4) is 0 Å². The normalized spacial score (nSPS) is 22.2. The summed E-state index contributed by atoms with van der Waals surface area (Å²) in [6.07, 6.45) is 3.37. The molecule has 0 nitrogen and oxygen atoms in total. The van der Waals surface area contributed by atoms with Gasteiger partial charge in [-0.3, -0.25) is 0 Å². The Balaban J connectivity index is 2.69. The minimum Gasteiger partial charge on any atom is -0.168 e. The molecule has 1 aliphatic rings. The van der Waals surface area contributed by atoms with Gasteiger partial charge >= 0.3 is 0 Å². The van der Waals surface area contributed by atoms with Crippen LogP contribution in [-0.4, -0.2) is 73.6 Å². The molecule has 0 aromatic carbocycles. The fourth-order valence-corrected chi connectivity index (χ4v) is 23.0. The van der Waals surface area contributed by atoms with Crippen LogP contribution >= 0.6 is 219 Å². The highest BCUT2D eigenvalue weighted by Crippen LogP contribution is 2.49. The summed E-state index contributed by atoms with van der Waals surface area (Å²) in [4.78, 5) is 0. The Hall–Kier alpha value is 6.30. The van der Waals surface area contributed by atoms with E-state index in [4.69, 9.17) is 25.3 Å². The Bertz CT molecular complexity index is 462. The molecule has 0 aromatic heterocycles. The molecule has 0 aromatic rings. The van der Waals surface area contributed by atoms with E-state index in [2.05, 4.69) is 99.3 Å². The molecule has 1 rings (SSSR count). The molecule has 1 fully saturated rings. The average Bonchev–Trinajstić information content (AvgIpc) is 2.85. The van der Waals surface area contributed by atoms with E-state index >= 15 is 0 Å². The fourth-order valence-electron chi connectivity index (χ4n) is 2.97. The Labute approximate surface area is 306 Å². The summed E-state index contributed by atoms with van der Waals surface area (Å²) in [5.74, 6) is 0. The van der Waals surface area contributed by atoms with Crippen LogP contribution in [0.4, 0.5) is 0 Å². The molecule has 36 heavy (non-hydrogen) atoms. The van der Waals surface area contributed by atoms with Gasteiger partial charge in [0, 0.05) is 46.1 Å². The minimum absolute atomic E-state index is 0.300. The summed E-state index contributed by atoms with van der Waals surface area (Å²) < 4.78 is 2.58. The highest BCUT2D eigenvalue weighted by atomic mass is 32.3. The van der Waals surface area contributed by atoms with Gasteiger partial charge in [0.25, 0.3) is 0 Å². The first kappa shape index (κ1) is 40.3. The molecule has 0 N–H and O–H groups in total. The summed E-state index contributed by atoms with van der Waals surface area (Å²) in [5.41, 5.74) is 0.